The minimum absolute atomic E-state index is 0.0916. The molecule has 1 heterocycles. The number of nitrogens with one attached hydrogen (secondary N) is 3. The van der Waals surface area contributed by atoms with E-state index in [1.54, 1.807) is 18.2 Å². The lowest BCUT2D eigenvalue weighted by Crippen LogP contribution is -2.50. The van der Waals surface area contributed by atoms with E-state index in [2.05, 4.69) is 16.2 Å². The number of thiocarbonyl (C=S) groups is 1. The van der Waals surface area contributed by atoms with Crippen molar-refractivity contribution < 1.29 is 14.3 Å². The number of carbonyl (C=O) groups excluding carboxylic acids is 2. The van der Waals surface area contributed by atoms with Crippen LogP contribution in [-0.2, 0) is 9.59 Å². The second kappa shape index (κ2) is 7.63. The summed E-state index contributed by atoms with van der Waals surface area (Å²) in [4.78, 5) is 25.5. The van der Waals surface area contributed by atoms with Gasteiger partial charge in [0.2, 0.25) is 0 Å². The van der Waals surface area contributed by atoms with Gasteiger partial charge in [-0.05, 0) is 36.5 Å². The highest BCUT2D eigenvalue weighted by Crippen LogP contribution is 2.30. The van der Waals surface area contributed by atoms with Crippen LogP contribution >= 0.6 is 12.2 Å². The molecule has 0 fully saturated rings. The molecule has 7 nitrogen and oxygen atoms in total. The molecule has 0 aliphatic carbocycles. The molecule has 3 rings (SSSR count). The van der Waals surface area contributed by atoms with Crippen LogP contribution in [0.15, 0.2) is 54.6 Å². The van der Waals surface area contributed by atoms with E-state index in [0.717, 1.165) is 5.69 Å². The Balaban J connectivity index is 1.54. The zero-order valence-electron chi connectivity index (χ0n) is 13.2. The van der Waals surface area contributed by atoms with E-state index in [1.807, 2.05) is 36.4 Å². The first kappa shape index (κ1) is 16.7. The van der Waals surface area contributed by atoms with Crippen LogP contribution < -0.4 is 25.8 Å². The Bertz CT molecular complexity index is 797. The van der Waals surface area contributed by atoms with Crippen molar-refractivity contribution in [1.29, 1.82) is 0 Å². The van der Waals surface area contributed by atoms with Gasteiger partial charge < -0.3 is 10.1 Å². The fraction of sp³-hybridized carbons (Fsp3) is 0.118. The molecule has 128 valence electrons. The van der Waals surface area contributed by atoms with E-state index in [4.69, 9.17) is 17.0 Å². The lowest BCUT2D eigenvalue weighted by atomic mass is 10.2. The first-order valence-electron chi connectivity index (χ1n) is 7.56. The molecule has 0 bridgehead atoms. The van der Waals surface area contributed by atoms with Crippen LogP contribution in [0.25, 0.3) is 0 Å². The second-order valence-corrected chi connectivity index (χ2v) is 5.64. The van der Waals surface area contributed by atoms with Crippen LogP contribution in [0, 0.1) is 0 Å². The zero-order chi connectivity index (χ0) is 17.6. The summed E-state index contributed by atoms with van der Waals surface area (Å²) in [5.41, 5.74) is 6.45. The number of carbonyl (C=O) groups is 2. The summed E-state index contributed by atoms with van der Waals surface area (Å²) in [5, 5.41) is 3.17. The lowest BCUT2D eigenvalue weighted by Gasteiger charge is -2.28. The van der Waals surface area contributed by atoms with Crippen LogP contribution in [0.4, 0.5) is 11.4 Å². The summed E-state index contributed by atoms with van der Waals surface area (Å²) in [6.07, 6.45) is 0. The van der Waals surface area contributed by atoms with Gasteiger partial charge in [-0.3, -0.25) is 25.3 Å². The number of rotatable bonds is 3. The first-order chi connectivity index (χ1) is 12.1. The van der Waals surface area contributed by atoms with Crippen molar-refractivity contribution in [2.45, 2.75) is 0 Å². The molecule has 1 aliphatic rings. The summed E-state index contributed by atoms with van der Waals surface area (Å²) in [6.45, 7) is -0.230. The number of fused-ring (bicyclic) bond motifs is 1. The highest BCUT2D eigenvalue weighted by Gasteiger charge is 2.26. The zero-order valence-corrected chi connectivity index (χ0v) is 14.0. The van der Waals surface area contributed by atoms with Crippen LogP contribution in [0.3, 0.4) is 0 Å². The van der Waals surface area contributed by atoms with Gasteiger partial charge in [0.15, 0.2) is 11.7 Å². The van der Waals surface area contributed by atoms with Gasteiger partial charge in [0.1, 0.15) is 12.3 Å². The van der Waals surface area contributed by atoms with Crippen LogP contribution in [-0.4, -0.2) is 30.1 Å². The van der Waals surface area contributed by atoms with E-state index < -0.39 is 5.91 Å². The number of ether oxygens (including phenoxy) is 1. The SMILES string of the molecule is O=C(CN1C(=O)COc2ccccc21)NNC(=S)Nc1ccccc1. The topological polar surface area (TPSA) is 82.7 Å². The molecule has 3 N–H and O–H groups in total. The molecule has 0 saturated carbocycles. The standard InChI is InChI=1S/C17H16N4O3S/c22-15(19-20-17(25)18-12-6-2-1-3-7-12)10-21-13-8-4-5-9-14(13)24-11-16(21)23/h1-9H,10-11H2,(H,19,22)(H2,18,20,25). The van der Waals surface area contributed by atoms with E-state index in [-0.39, 0.29) is 24.2 Å². The number of hydrazine groups is 1. The lowest BCUT2D eigenvalue weighted by molar-refractivity contribution is -0.125. The maximum atomic E-state index is 12.1. The molecule has 0 radical (unpaired) electrons. The van der Waals surface area contributed by atoms with Crippen LogP contribution in [0.5, 0.6) is 5.75 Å². The summed E-state index contributed by atoms with van der Waals surface area (Å²) in [5.74, 6) is -0.106. The first-order valence-corrected chi connectivity index (χ1v) is 7.97. The van der Waals surface area contributed by atoms with Crippen LogP contribution in [0.2, 0.25) is 0 Å². The molecule has 25 heavy (non-hydrogen) atoms. The number of benzene rings is 2. The van der Waals surface area contributed by atoms with Gasteiger partial charge in [-0.25, -0.2) is 0 Å². The number of nitrogens with zero attached hydrogens (tertiary/aromatic N) is 1. The average Bonchev–Trinajstić information content (AvgIpc) is 2.63. The normalized spacial score (nSPS) is 12.6. The fourth-order valence-electron chi connectivity index (χ4n) is 2.32. The molecule has 0 unspecified atom stereocenters. The number of hydrogen-bond acceptors (Lipinski definition) is 4. The van der Waals surface area contributed by atoms with Gasteiger partial charge in [-0.1, -0.05) is 30.3 Å². The monoisotopic (exact) mass is 356 g/mol. The molecular weight excluding hydrogens is 340 g/mol. The van der Waals surface area contributed by atoms with E-state index in [0.29, 0.717) is 11.4 Å². The van der Waals surface area contributed by atoms with Crippen molar-refractivity contribution in [2.24, 2.45) is 0 Å². The Morgan fingerprint density at radius 2 is 1.80 bits per heavy atom. The maximum absolute atomic E-state index is 12.1. The minimum atomic E-state index is -0.401. The predicted molar refractivity (Wildman–Crippen MR) is 98.2 cm³/mol. The average molecular weight is 356 g/mol. The largest absolute Gasteiger partial charge is 0.482 e. The van der Waals surface area contributed by atoms with Gasteiger partial charge in [-0.2, -0.15) is 0 Å². The molecule has 0 spiro atoms. The van der Waals surface area contributed by atoms with E-state index >= 15 is 0 Å². The molecule has 8 heteroatoms. The van der Waals surface area contributed by atoms with Gasteiger partial charge in [0.25, 0.3) is 11.8 Å². The van der Waals surface area contributed by atoms with Gasteiger partial charge >= 0.3 is 0 Å². The van der Waals surface area contributed by atoms with E-state index in [9.17, 15) is 9.59 Å². The Morgan fingerprint density at radius 3 is 2.60 bits per heavy atom. The molecular formula is C17H16N4O3S. The Morgan fingerprint density at radius 1 is 1.08 bits per heavy atom. The molecule has 2 amide bonds. The highest BCUT2D eigenvalue weighted by molar-refractivity contribution is 7.80. The summed E-state index contributed by atoms with van der Waals surface area (Å²) >= 11 is 5.11. The van der Waals surface area contributed by atoms with Crippen molar-refractivity contribution in [3.05, 3.63) is 54.6 Å². The third-order valence-corrected chi connectivity index (χ3v) is 3.66. The number of anilines is 2. The second-order valence-electron chi connectivity index (χ2n) is 5.23. The molecule has 0 atom stereocenters. The third kappa shape index (κ3) is 4.24. The Kier molecular flexibility index (Phi) is 5.10. The third-order valence-electron chi connectivity index (χ3n) is 3.46. The van der Waals surface area contributed by atoms with Crippen molar-refractivity contribution in [3.63, 3.8) is 0 Å². The molecule has 1 aliphatic heterocycles. The number of para-hydroxylation sites is 3. The van der Waals surface area contributed by atoms with Gasteiger partial charge in [0.05, 0.1) is 5.69 Å². The molecule has 0 saturated heterocycles. The minimum Gasteiger partial charge on any atom is -0.482 e. The van der Waals surface area contributed by atoms with Crippen molar-refractivity contribution in [1.82, 2.24) is 10.9 Å². The quantitative estimate of drug-likeness (QED) is 0.570. The fourth-order valence-corrected chi connectivity index (χ4v) is 2.49. The smallest absolute Gasteiger partial charge is 0.265 e. The van der Waals surface area contributed by atoms with Crippen LogP contribution in [0.1, 0.15) is 0 Å². The summed E-state index contributed by atoms with van der Waals surface area (Å²) < 4.78 is 5.34. The number of amides is 2. The van der Waals surface area contributed by atoms with E-state index in [1.165, 1.54) is 4.90 Å². The Hall–Kier alpha value is -3.13. The Labute approximate surface area is 149 Å². The maximum Gasteiger partial charge on any atom is 0.265 e. The van der Waals surface area contributed by atoms with Gasteiger partial charge in [0, 0.05) is 5.69 Å². The molecule has 2 aromatic rings. The molecule has 2 aromatic carbocycles. The molecule has 0 aromatic heterocycles. The van der Waals surface area contributed by atoms with Crippen molar-refractivity contribution in [2.75, 3.05) is 23.4 Å². The number of hydrogen-bond donors (Lipinski definition) is 3. The van der Waals surface area contributed by atoms with Gasteiger partial charge in [-0.15, -0.1) is 0 Å². The summed E-state index contributed by atoms with van der Waals surface area (Å²) in [7, 11) is 0. The summed E-state index contributed by atoms with van der Waals surface area (Å²) in [6, 6.07) is 16.4. The predicted octanol–water partition coefficient (Wildman–Crippen LogP) is 1.43. The van der Waals surface area contributed by atoms with Crippen molar-refractivity contribution in [3.8, 4) is 5.75 Å². The van der Waals surface area contributed by atoms with Crippen molar-refractivity contribution >= 4 is 40.5 Å². The highest BCUT2D eigenvalue weighted by atomic mass is 32.1.